The Labute approximate surface area is 94.5 Å². The topological polar surface area (TPSA) is 38.3 Å². The molecule has 0 aliphatic heterocycles. The van der Waals surface area contributed by atoms with Gasteiger partial charge in [0.25, 0.3) is 0 Å². The van der Waals surface area contributed by atoms with Crippen LogP contribution < -0.4 is 5.32 Å². The standard InChI is InChI=1S/C11H17NO2S/c1-9(2)6-12-7-11(13)14-8-10-4-3-5-15-10/h3-5,9,12H,6-8H2,1-2H3. The molecule has 0 saturated heterocycles. The molecule has 15 heavy (non-hydrogen) atoms. The predicted molar refractivity (Wildman–Crippen MR) is 61.8 cm³/mol. The van der Waals surface area contributed by atoms with Gasteiger partial charge in [0.2, 0.25) is 0 Å². The quantitative estimate of drug-likeness (QED) is 0.756. The van der Waals surface area contributed by atoms with E-state index in [0.29, 0.717) is 19.1 Å². The highest BCUT2D eigenvalue weighted by Crippen LogP contribution is 2.09. The summed E-state index contributed by atoms with van der Waals surface area (Å²) >= 11 is 1.60. The molecule has 0 aliphatic rings. The van der Waals surface area contributed by atoms with E-state index in [1.54, 1.807) is 11.3 Å². The van der Waals surface area contributed by atoms with Crippen molar-refractivity contribution in [2.75, 3.05) is 13.1 Å². The molecular weight excluding hydrogens is 210 g/mol. The fourth-order valence-corrected chi connectivity index (χ4v) is 1.68. The molecule has 0 unspecified atom stereocenters. The Morgan fingerprint density at radius 2 is 2.40 bits per heavy atom. The van der Waals surface area contributed by atoms with E-state index in [2.05, 4.69) is 19.2 Å². The van der Waals surface area contributed by atoms with Gasteiger partial charge in [0.05, 0.1) is 6.54 Å². The van der Waals surface area contributed by atoms with Crippen LogP contribution in [0, 0.1) is 5.92 Å². The number of nitrogens with one attached hydrogen (secondary N) is 1. The third kappa shape index (κ3) is 5.54. The Hall–Kier alpha value is -0.870. The predicted octanol–water partition coefficient (Wildman–Crippen LogP) is 2.04. The molecule has 1 N–H and O–H groups in total. The molecule has 0 atom stereocenters. The maximum atomic E-state index is 11.2. The van der Waals surface area contributed by atoms with Crippen molar-refractivity contribution in [3.05, 3.63) is 22.4 Å². The van der Waals surface area contributed by atoms with Crippen molar-refractivity contribution in [1.29, 1.82) is 0 Å². The summed E-state index contributed by atoms with van der Waals surface area (Å²) in [7, 11) is 0. The minimum absolute atomic E-state index is 0.191. The molecule has 3 nitrogen and oxygen atoms in total. The molecule has 84 valence electrons. The van der Waals surface area contributed by atoms with Gasteiger partial charge in [0, 0.05) is 4.88 Å². The third-order valence-corrected chi connectivity index (χ3v) is 2.63. The Balaban J connectivity index is 2.09. The van der Waals surface area contributed by atoms with Gasteiger partial charge in [-0.3, -0.25) is 4.79 Å². The number of esters is 1. The fraction of sp³-hybridized carbons (Fsp3) is 0.545. The van der Waals surface area contributed by atoms with Crippen molar-refractivity contribution in [2.45, 2.75) is 20.5 Å². The minimum atomic E-state index is -0.191. The molecule has 0 radical (unpaired) electrons. The number of rotatable bonds is 6. The molecule has 0 spiro atoms. The zero-order chi connectivity index (χ0) is 11.1. The molecule has 0 amide bonds. The summed E-state index contributed by atoms with van der Waals surface area (Å²) < 4.78 is 5.08. The van der Waals surface area contributed by atoms with E-state index in [1.807, 2.05) is 17.5 Å². The number of ether oxygens (including phenoxy) is 1. The van der Waals surface area contributed by atoms with Crippen LogP contribution in [0.2, 0.25) is 0 Å². The lowest BCUT2D eigenvalue weighted by Gasteiger charge is -2.07. The van der Waals surface area contributed by atoms with E-state index in [9.17, 15) is 4.79 Å². The molecule has 1 aromatic heterocycles. The lowest BCUT2D eigenvalue weighted by molar-refractivity contribution is -0.143. The maximum Gasteiger partial charge on any atom is 0.320 e. The van der Waals surface area contributed by atoms with Crippen LogP contribution in [-0.4, -0.2) is 19.1 Å². The molecule has 1 rings (SSSR count). The van der Waals surface area contributed by atoms with Crippen molar-refractivity contribution < 1.29 is 9.53 Å². The first-order valence-electron chi connectivity index (χ1n) is 5.07. The summed E-state index contributed by atoms with van der Waals surface area (Å²) in [6.45, 7) is 5.73. The Morgan fingerprint density at radius 3 is 3.00 bits per heavy atom. The first-order chi connectivity index (χ1) is 7.18. The summed E-state index contributed by atoms with van der Waals surface area (Å²) in [5, 5.41) is 5.02. The van der Waals surface area contributed by atoms with Gasteiger partial charge in [-0.2, -0.15) is 0 Å². The molecular formula is C11H17NO2S. The van der Waals surface area contributed by atoms with Crippen LogP contribution in [0.15, 0.2) is 17.5 Å². The van der Waals surface area contributed by atoms with E-state index in [-0.39, 0.29) is 5.97 Å². The normalized spacial score (nSPS) is 10.6. The summed E-state index contributed by atoms with van der Waals surface area (Å²) in [5.74, 6) is 0.360. The monoisotopic (exact) mass is 227 g/mol. The van der Waals surface area contributed by atoms with E-state index >= 15 is 0 Å². The smallest absolute Gasteiger partial charge is 0.320 e. The van der Waals surface area contributed by atoms with Gasteiger partial charge in [-0.1, -0.05) is 19.9 Å². The lowest BCUT2D eigenvalue weighted by Crippen LogP contribution is -2.27. The second-order valence-electron chi connectivity index (χ2n) is 3.76. The fourth-order valence-electron chi connectivity index (χ4n) is 1.06. The van der Waals surface area contributed by atoms with Crippen LogP contribution in [0.5, 0.6) is 0 Å². The number of hydrogen-bond donors (Lipinski definition) is 1. The highest BCUT2D eigenvalue weighted by molar-refractivity contribution is 7.09. The van der Waals surface area contributed by atoms with Gasteiger partial charge in [0.1, 0.15) is 6.61 Å². The van der Waals surface area contributed by atoms with E-state index < -0.39 is 0 Å². The molecule has 0 bridgehead atoms. The minimum Gasteiger partial charge on any atom is -0.459 e. The van der Waals surface area contributed by atoms with Gasteiger partial charge in [-0.05, 0) is 23.9 Å². The Morgan fingerprint density at radius 1 is 1.60 bits per heavy atom. The van der Waals surface area contributed by atoms with Crippen molar-refractivity contribution >= 4 is 17.3 Å². The van der Waals surface area contributed by atoms with E-state index in [4.69, 9.17) is 4.74 Å². The van der Waals surface area contributed by atoms with Crippen LogP contribution in [0.4, 0.5) is 0 Å². The van der Waals surface area contributed by atoms with E-state index in [1.165, 1.54) is 0 Å². The largest absolute Gasteiger partial charge is 0.459 e. The Kier molecular flexibility index (Phi) is 5.36. The molecule has 0 aliphatic carbocycles. The van der Waals surface area contributed by atoms with Gasteiger partial charge in [-0.25, -0.2) is 0 Å². The van der Waals surface area contributed by atoms with Gasteiger partial charge >= 0.3 is 5.97 Å². The molecule has 1 heterocycles. The molecule has 4 heteroatoms. The molecule has 0 fully saturated rings. The second-order valence-corrected chi connectivity index (χ2v) is 4.80. The van der Waals surface area contributed by atoms with Gasteiger partial charge < -0.3 is 10.1 Å². The van der Waals surface area contributed by atoms with Crippen molar-refractivity contribution in [3.63, 3.8) is 0 Å². The molecule has 1 aromatic rings. The van der Waals surface area contributed by atoms with Crippen LogP contribution in [0.3, 0.4) is 0 Å². The highest BCUT2D eigenvalue weighted by atomic mass is 32.1. The zero-order valence-electron chi connectivity index (χ0n) is 9.16. The van der Waals surface area contributed by atoms with Crippen molar-refractivity contribution in [2.24, 2.45) is 5.92 Å². The van der Waals surface area contributed by atoms with Gasteiger partial charge in [0.15, 0.2) is 0 Å². The van der Waals surface area contributed by atoms with E-state index in [0.717, 1.165) is 11.4 Å². The van der Waals surface area contributed by atoms with Crippen LogP contribution >= 0.6 is 11.3 Å². The maximum absolute atomic E-state index is 11.2. The van der Waals surface area contributed by atoms with Crippen molar-refractivity contribution in [1.82, 2.24) is 5.32 Å². The SMILES string of the molecule is CC(C)CNCC(=O)OCc1cccs1. The van der Waals surface area contributed by atoms with Gasteiger partial charge in [-0.15, -0.1) is 11.3 Å². The average molecular weight is 227 g/mol. The number of hydrogen-bond acceptors (Lipinski definition) is 4. The zero-order valence-corrected chi connectivity index (χ0v) is 9.97. The summed E-state index contributed by atoms with van der Waals surface area (Å²) in [5.41, 5.74) is 0. The number of thiophene rings is 1. The summed E-state index contributed by atoms with van der Waals surface area (Å²) in [4.78, 5) is 12.3. The van der Waals surface area contributed by atoms with Crippen LogP contribution in [0.1, 0.15) is 18.7 Å². The number of carbonyl (C=O) groups is 1. The summed E-state index contributed by atoms with van der Waals surface area (Å²) in [6.07, 6.45) is 0. The molecule has 0 aromatic carbocycles. The highest BCUT2D eigenvalue weighted by Gasteiger charge is 2.03. The average Bonchev–Trinajstić information content (AvgIpc) is 2.66. The summed E-state index contributed by atoms with van der Waals surface area (Å²) in [6, 6.07) is 3.91. The second kappa shape index (κ2) is 6.58. The van der Waals surface area contributed by atoms with Crippen LogP contribution in [-0.2, 0) is 16.1 Å². The first-order valence-corrected chi connectivity index (χ1v) is 5.95. The molecule has 0 saturated carbocycles. The Bertz CT molecular complexity index is 283. The van der Waals surface area contributed by atoms with Crippen LogP contribution in [0.25, 0.3) is 0 Å². The van der Waals surface area contributed by atoms with Crippen molar-refractivity contribution in [3.8, 4) is 0 Å². The first kappa shape index (κ1) is 12.2. The lowest BCUT2D eigenvalue weighted by atomic mass is 10.2. The third-order valence-electron chi connectivity index (χ3n) is 1.78. The number of carbonyl (C=O) groups excluding carboxylic acids is 1.